The van der Waals surface area contributed by atoms with Gasteiger partial charge in [0.05, 0.1) is 20.0 Å². The Morgan fingerprint density at radius 2 is 1.84 bits per heavy atom. The molecule has 1 unspecified atom stereocenters. The number of aliphatic imine (C=N–C) groups is 1. The number of rotatable bonds is 6. The number of fused-ring (bicyclic) bond motifs is 1. The molecular formula is C23H24N5O4+. The largest absolute Gasteiger partial charge is 0.481 e. The molecule has 5 N–H and O–H groups in total. The molecule has 2 aromatic rings. The van der Waals surface area contributed by atoms with Crippen molar-refractivity contribution in [3.8, 4) is 23.6 Å². The molecular weight excluding hydrogens is 410 g/mol. The van der Waals surface area contributed by atoms with Crippen LogP contribution in [0.25, 0.3) is 11.1 Å². The van der Waals surface area contributed by atoms with Crippen LogP contribution in [-0.2, 0) is 16.1 Å². The third-order valence-corrected chi connectivity index (χ3v) is 5.41. The number of nitrogens with two attached hydrogens (primary N) is 2. The number of carbonyl (C=O) groups is 3. The Hall–Kier alpha value is -4.16. The van der Waals surface area contributed by atoms with Crippen molar-refractivity contribution < 1.29 is 19.5 Å². The lowest BCUT2D eigenvalue weighted by atomic mass is 9.99. The van der Waals surface area contributed by atoms with Crippen molar-refractivity contribution >= 4 is 29.4 Å². The van der Waals surface area contributed by atoms with E-state index in [4.69, 9.17) is 23.0 Å². The monoisotopic (exact) mass is 434 g/mol. The molecule has 9 nitrogen and oxygen atoms in total. The molecule has 9 heteroatoms. The van der Waals surface area contributed by atoms with Gasteiger partial charge in [-0.3, -0.25) is 9.59 Å². The highest BCUT2D eigenvalue weighted by Gasteiger charge is 2.43. The van der Waals surface area contributed by atoms with E-state index in [1.807, 2.05) is 24.3 Å². The zero-order valence-electron chi connectivity index (χ0n) is 17.6. The van der Waals surface area contributed by atoms with E-state index < -0.39 is 16.4 Å². The van der Waals surface area contributed by atoms with E-state index in [0.29, 0.717) is 12.2 Å². The molecule has 0 saturated heterocycles. The summed E-state index contributed by atoms with van der Waals surface area (Å²) in [5.74, 6) is -1.87. The number of carboxylic acids is 1. The van der Waals surface area contributed by atoms with E-state index >= 15 is 0 Å². The first-order valence-electron chi connectivity index (χ1n) is 9.84. The van der Waals surface area contributed by atoms with Gasteiger partial charge in [-0.25, -0.2) is 9.79 Å². The van der Waals surface area contributed by atoms with Crippen LogP contribution in [0.2, 0.25) is 0 Å². The van der Waals surface area contributed by atoms with Crippen molar-refractivity contribution in [2.75, 3.05) is 20.1 Å². The molecule has 2 aromatic carbocycles. The van der Waals surface area contributed by atoms with Gasteiger partial charge in [0, 0.05) is 12.6 Å². The molecule has 164 valence electrons. The summed E-state index contributed by atoms with van der Waals surface area (Å²) in [7, 11) is 1.55. The summed E-state index contributed by atoms with van der Waals surface area (Å²) in [5.41, 5.74) is 13.9. The van der Waals surface area contributed by atoms with Crippen molar-refractivity contribution in [3.05, 3.63) is 53.6 Å². The molecule has 0 fully saturated rings. The molecule has 2 amide bonds. The van der Waals surface area contributed by atoms with Crippen LogP contribution in [0, 0.1) is 12.5 Å². The van der Waals surface area contributed by atoms with Crippen LogP contribution in [0.4, 0.5) is 5.69 Å². The summed E-state index contributed by atoms with van der Waals surface area (Å²) in [5, 5.41) is 9.01. The Bertz CT molecular complexity index is 1150. The van der Waals surface area contributed by atoms with Gasteiger partial charge in [0.1, 0.15) is 18.2 Å². The van der Waals surface area contributed by atoms with Crippen LogP contribution in [0.1, 0.15) is 22.3 Å². The highest BCUT2D eigenvalue weighted by molar-refractivity contribution is 6.09. The summed E-state index contributed by atoms with van der Waals surface area (Å²) >= 11 is 0. The molecule has 0 radical (unpaired) electrons. The van der Waals surface area contributed by atoms with Gasteiger partial charge in [0.25, 0.3) is 5.91 Å². The molecule has 0 saturated carbocycles. The Balaban J connectivity index is 2.03. The van der Waals surface area contributed by atoms with E-state index in [-0.39, 0.29) is 36.9 Å². The summed E-state index contributed by atoms with van der Waals surface area (Å²) in [6.45, 7) is -0.00606. The van der Waals surface area contributed by atoms with Crippen molar-refractivity contribution in [2.24, 2.45) is 16.5 Å². The molecule has 1 atom stereocenters. The van der Waals surface area contributed by atoms with Gasteiger partial charge in [0.2, 0.25) is 0 Å². The number of carboxylic acid groups (broad SMARTS) is 1. The van der Waals surface area contributed by atoms with Crippen molar-refractivity contribution in [3.63, 3.8) is 0 Å². The molecule has 0 spiro atoms. The quantitative estimate of drug-likeness (QED) is 0.269. The fourth-order valence-electron chi connectivity index (χ4n) is 3.50. The van der Waals surface area contributed by atoms with E-state index in [1.54, 1.807) is 25.2 Å². The molecule has 32 heavy (non-hydrogen) atoms. The van der Waals surface area contributed by atoms with Crippen LogP contribution < -0.4 is 16.0 Å². The lowest BCUT2D eigenvalue weighted by Gasteiger charge is -2.23. The van der Waals surface area contributed by atoms with Crippen LogP contribution in [0.5, 0.6) is 0 Å². The van der Waals surface area contributed by atoms with E-state index in [1.165, 1.54) is 4.90 Å². The number of benzene rings is 2. The molecule has 1 aliphatic rings. The fraction of sp³-hybridized carbons (Fsp3) is 0.217. The number of aliphatic carboxylic acids is 1. The number of carbonyl (C=O) groups excluding carboxylic acids is 2. The maximum atomic E-state index is 13.2. The lowest BCUT2D eigenvalue weighted by Crippen LogP contribution is -2.49. The number of hydrogen-bond donors (Lipinski definition) is 3. The SMILES string of the molecule is C#C[N+]1(C)C(=O)CN(CCC(=O)O)C(=O)c2cc(-c3ccc(CN=C(N)N)cc3)ccc21. The molecule has 0 aromatic heterocycles. The maximum Gasteiger partial charge on any atom is 0.351 e. The number of quaternary nitrogens is 1. The van der Waals surface area contributed by atoms with Gasteiger partial charge in [-0.15, -0.1) is 0 Å². The van der Waals surface area contributed by atoms with Crippen molar-refractivity contribution in [2.45, 2.75) is 13.0 Å². The van der Waals surface area contributed by atoms with Crippen LogP contribution in [0.15, 0.2) is 47.5 Å². The van der Waals surface area contributed by atoms with Crippen molar-refractivity contribution in [1.82, 2.24) is 9.38 Å². The zero-order valence-corrected chi connectivity index (χ0v) is 17.6. The average Bonchev–Trinajstić information content (AvgIpc) is 2.85. The molecule has 0 aliphatic carbocycles. The predicted octanol–water partition coefficient (Wildman–Crippen LogP) is 1.11. The minimum absolute atomic E-state index is 0.00929. The molecule has 1 heterocycles. The maximum absolute atomic E-state index is 13.2. The standard InChI is InChI=1S/C23H23N5O4/c1-3-28(2)19-9-8-17(16-6-4-15(5-7-16)13-26-23(24)25)12-18(19)22(32)27(14-20(28)29)11-10-21(30)31/h1,4-9,12H,10-11,13-14H2,2H3,(H4-,24,25,26,30,31)/p+1. The Morgan fingerprint density at radius 3 is 2.44 bits per heavy atom. The number of terminal acetylenes is 1. The Labute approximate surface area is 185 Å². The highest BCUT2D eigenvalue weighted by atomic mass is 16.4. The normalized spacial score (nSPS) is 17.8. The van der Waals surface area contributed by atoms with Gasteiger partial charge >= 0.3 is 11.9 Å². The highest BCUT2D eigenvalue weighted by Crippen LogP contribution is 2.34. The Kier molecular flexibility index (Phi) is 6.27. The summed E-state index contributed by atoms with van der Waals surface area (Å²) in [6.07, 6.45) is 5.42. The minimum Gasteiger partial charge on any atom is -0.481 e. The smallest absolute Gasteiger partial charge is 0.351 e. The van der Waals surface area contributed by atoms with E-state index in [0.717, 1.165) is 16.7 Å². The molecule has 1 aliphatic heterocycles. The van der Waals surface area contributed by atoms with Crippen LogP contribution >= 0.6 is 0 Å². The van der Waals surface area contributed by atoms with Crippen molar-refractivity contribution in [1.29, 1.82) is 0 Å². The fourth-order valence-corrected chi connectivity index (χ4v) is 3.50. The summed E-state index contributed by atoms with van der Waals surface area (Å²) < 4.78 is -0.498. The van der Waals surface area contributed by atoms with Crippen LogP contribution in [-0.4, -0.2) is 53.9 Å². The first-order chi connectivity index (χ1) is 15.2. The van der Waals surface area contributed by atoms with E-state index in [9.17, 15) is 14.4 Å². The van der Waals surface area contributed by atoms with Gasteiger partial charge < -0.3 is 21.5 Å². The second kappa shape index (κ2) is 8.91. The number of nitrogens with zero attached hydrogens (tertiary/aromatic N) is 3. The number of amides is 2. The summed E-state index contributed by atoms with van der Waals surface area (Å²) in [6, 6.07) is 15.1. The van der Waals surface area contributed by atoms with Gasteiger partial charge in [-0.05, 0) is 28.8 Å². The predicted molar refractivity (Wildman–Crippen MR) is 121 cm³/mol. The second-order valence-corrected chi connectivity index (χ2v) is 7.57. The number of hydrogen-bond acceptors (Lipinski definition) is 4. The zero-order chi connectivity index (χ0) is 23.5. The van der Waals surface area contributed by atoms with E-state index in [2.05, 4.69) is 11.0 Å². The van der Waals surface area contributed by atoms with Crippen LogP contribution in [0.3, 0.4) is 0 Å². The summed E-state index contributed by atoms with van der Waals surface area (Å²) in [4.78, 5) is 42.4. The number of guanidine groups is 1. The topological polar surface area (TPSA) is 139 Å². The van der Waals surface area contributed by atoms with Gasteiger partial charge in [-0.2, -0.15) is 4.48 Å². The van der Waals surface area contributed by atoms with Gasteiger partial charge in [0.15, 0.2) is 11.6 Å². The minimum atomic E-state index is -1.06. The second-order valence-electron chi connectivity index (χ2n) is 7.57. The number of likely N-dealkylation sites (N-methyl/N-ethyl adjacent to an activating group) is 1. The first kappa shape index (κ1) is 22.5. The third kappa shape index (κ3) is 4.45. The average molecular weight is 434 g/mol. The third-order valence-electron chi connectivity index (χ3n) is 5.41. The Morgan fingerprint density at radius 1 is 1.19 bits per heavy atom. The molecule has 0 bridgehead atoms. The van der Waals surface area contributed by atoms with Gasteiger partial charge in [-0.1, -0.05) is 30.7 Å². The molecule has 3 rings (SSSR count). The lowest BCUT2D eigenvalue weighted by molar-refractivity contribution is -0.137. The first-order valence-corrected chi connectivity index (χ1v) is 9.84.